The molecule has 0 unspecified atom stereocenters. The van der Waals surface area contributed by atoms with Crippen molar-refractivity contribution in [1.82, 2.24) is 10.2 Å². The second kappa shape index (κ2) is 9.60. The van der Waals surface area contributed by atoms with Gasteiger partial charge in [0.25, 0.3) is 0 Å². The average Bonchev–Trinajstić information content (AvgIpc) is 2.31. The second-order valence-corrected chi connectivity index (χ2v) is 3.77. The molecule has 1 N–H and O–H groups in total. The standard InChI is InChI=1S/C10H20N2O2.C2H6/c1-3-11-10(13)8-14-9-4-6-12(2)7-5-9;1-2/h9H,3-8H2,1-2H3,(H,11,13);1-2H3. The van der Waals surface area contributed by atoms with Crippen LogP contribution in [0.15, 0.2) is 0 Å². The molecule has 0 aromatic rings. The van der Waals surface area contributed by atoms with Crippen LogP contribution >= 0.6 is 0 Å². The smallest absolute Gasteiger partial charge is 0.246 e. The molecule has 4 nitrogen and oxygen atoms in total. The number of piperidine rings is 1. The molecule has 1 amide bonds. The number of carbonyl (C=O) groups is 1. The quantitative estimate of drug-likeness (QED) is 0.790. The highest BCUT2D eigenvalue weighted by Crippen LogP contribution is 2.11. The van der Waals surface area contributed by atoms with Crippen molar-refractivity contribution in [1.29, 1.82) is 0 Å². The van der Waals surface area contributed by atoms with Crippen molar-refractivity contribution in [3.63, 3.8) is 0 Å². The van der Waals surface area contributed by atoms with Crippen molar-refractivity contribution in [2.24, 2.45) is 0 Å². The Morgan fingerprint density at radius 3 is 2.44 bits per heavy atom. The van der Waals surface area contributed by atoms with Crippen LogP contribution in [0, 0.1) is 0 Å². The number of ether oxygens (including phenoxy) is 1. The van der Waals surface area contributed by atoms with Crippen LogP contribution in [0.5, 0.6) is 0 Å². The van der Waals surface area contributed by atoms with Crippen LogP contribution in [0.1, 0.15) is 33.6 Å². The first-order chi connectivity index (χ1) is 7.72. The van der Waals surface area contributed by atoms with Gasteiger partial charge >= 0.3 is 0 Å². The minimum Gasteiger partial charge on any atom is -0.368 e. The highest BCUT2D eigenvalue weighted by atomic mass is 16.5. The molecular formula is C12H26N2O2. The van der Waals surface area contributed by atoms with Gasteiger partial charge < -0.3 is 15.0 Å². The number of carbonyl (C=O) groups excluding carboxylic acids is 1. The molecule has 0 radical (unpaired) electrons. The molecule has 0 spiro atoms. The van der Waals surface area contributed by atoms with E-state index < -0.39 is 0 Å². The summed E-state index contributed by atoms with van der Waals surface area (Å²) in [6.45, 7) is 8.94. The van der Waals surface area contributed by atoms with Gasteiger partial charge in [-0.1, -0.05) is 13.8 Å². The molecule has 0 saturated carbocycles. The van der Waals surface area contributed by atoms with Gasteiger partial charge in [0.2, 0.25) is 5.91 Å². The molecule has 1 rings (SSSR count). The minimum absolute atomic E-state index is 0.00794. The maximum Gasteiger partial charge on any atom is 0.246 e. The van der Waals surface area contributed by atoms with E-state index in [1.54, 1.807) is 0 Å². The third-order valence-electron chi connectivity index (χ3n) is 2.49. The monoisotopic (exact) mass is 230 g/mol. The van der Waals surface area contributed by atoms with Crippen LogP contribution in [0.25, 0.3) is 0 Å². The topological polar surface area (TPSA) is 41.6 Å². The number of nitrogens with zero attached hydrogens (tertiary/aromatic N) is 1. The summed E-state index contributed by atoms with van der Waals surface area (Å²) in [6, 6.07) is 0. The Kier molecular flexibility index (Phi) is 9.24. The highest BCUT2D eigenvalue weighted by molar-refractivity contribution is 5.77. The molecule has 1 fully saturated rings. The zero-order valence-electron chi connectivity index (χ0n) is 11.1. The molecule has 16 heavy (non-hydrogen) atoms. The summed E-state index contributed by atoms with van der Waals surface area (Å²) in [5.74, 6) is -0.00794. The average molecular weight is 230 g/mol. The normalized spacial score (nSPS) is 17.5. The maximum atomic E-state index is 11.1. The van der Waals surface area contributed by atoms with E-state index in [0.717, 1.165) is 25.9 Å². The third-order valence-corrected chi connectivity index (χ3v) is 2.49. The number of likely N-dealkylation sites (tertiary alicyclic amines) is 1. The van der Waals surface area contributed by atoms with Crippen LogP contribution in [0.4, 0.5) is 0 Å². The van der Waals surface area contributed by atoms with Crippen LogP contribution in [0.3, 0.4) is 0 Å². The molecule has 96 valence electrons. The highest BCUT2D eigenvalue weighted by Gasteiger charge is 2.17. The summed E-state index contributed by atoms with van der Waals surface area (Å²) in [5.41, 5.74) is 0. The predicted molar refractivity (Wildman–Crippen MR) is 66.5 cm³/mol. The number of hydrogen-bond donors (Lipinski definition) is 1. The van der Waals surface area contributed by atoms with E-state index in [2.05, 4.69) is 17.3 Å². The molecule has 1 aliphatic rings. The molecule has 0 bridgehead atoms. The number of nitrogens with one attached hydrogen (secondary N) is 1. The largest absolute Gasteiger partial charge is 0.368 e. The van der Waals surface area contributed by atoms with Gasteiger partial charge in [-0.15, -0.1) is 0 Å². The Labute approximate surface area is 99.3 Å². The Morgan fingerprint density at radius 1 is 1.38 bits per heavy atom. The van der Waals surface area contributed by atoms with Gasteiger partial charge in [0.15, 0.2) is 0 Å². The summed E-state index contributed by atoms with van der Waals surface area (Å²) in [5, 5.41) is 2.72. The van der Waals surface area contributed by atoms with Gasteiger partial charge in [0, 0.05) is 19.6 Å². The van der Waals surface area contributed by atoms with Crippen molar-refractivity contribution in [2.75, 3.05) is 33.3 Å². The summed E-state index contributed by atoms with van der Waals surface area (Å²) in [6.07, 6.45) is 2.35. The van der Waals surface area contributed by atoms with E-state index in [4.69, 9.17) is 4.74 Å². The lowest BCUT2D eigenvalue weighted by Crippen LogP contribution is -2.36. The lowest BCUT2D eigenvalue weighted by atomic mass is 10.1. The zero-order chi connectivity index (χ0) is 12.4. The zero-order valence-corrected chi connectivity index (χ0v) is 11.1. The number of likely N-dealkylation sites (N-methyl/N-ethyl adjacent to an activating group) is 1. The lowest BCUT2D eigenvalue weighted by molar-refractivity contribution is -0.128. The van der Waals surface area contributed by atoms with Gasteiger partial charge in [-0.05, 0) is 26.8 Å². The van der Waals surface area contributed by atoms with E-state index in [0.29, 0.717) is 6.54 Å². The van der Waals surface area contributed by atoms with Gasteiger partial charge in [-0.25, -0.2) is 0 Å². The Morgan fingerprint density at radius 2 is 1.94 bits per heavy atom. The van der Waals surface area contributed by atoms with Gasteiger partial charge in [0.1, 0.15) is 6.61 Å². The number of amides is 1. The molecule has 0 aromatic heterocycles. The van der Waals surface area contributed by atoms with Crippen molar-refractivity contribution in [2.45, 2.75) is 39.7 Å². The summed E-state index contributed by atoms with van der Waals surface area (Å²) >= 11 is 0. The number of rotatable bonds is 4. The summed E-state index contributed by atoms with van der Waals surface area (Å²) in [4.78, 5) is 13.4. The molecule has 1 heterocycles. The molecule has 0 aromatic carbocycles. The third kappa shape index (κ3) is 6.80. The first-order valence-corrected chi connectivity index (χ1v) is 6.29. The molecule has 0 atom stereocenters. The first kappa shape index (κ1) is 15.4. The molecular weight excluding hydrogens is 204 g/mol. The maximum absolute atomic E-state index is 11.1. The van der Waals surface area contributed by atoms with Crippen LogP contribution < -0.4 is 5.32 Å². The van der Waals surface area contributed by atoms with Gasteiger partial charge in [0.05, 0.1) is 6.10 Å². The fourth-order valence-corrected chi connectivity index (χ4v) is 1.59. The van der Waals surface area contributed by atoms with Crippen LogP contribution in [0.2, 0.25) is 0 Å². The van der Waals surface area contributed by atoms with E-state index in [-0.39, 0.29) is 18.6 Å². The Bertz CT molecular complexity index is 178. The molecule has 1 aliphatic heterocycles. The van der Waals surface area contributed by atoms with Crippen molar-refractivity contribution < 1.29 is 9.53 Å². The first-order valence-electron chi connectivity index (χ1n) is 6.29. The fourth-order valence-electron chi connectivity index (χ4n) is 1.59. The SMILES string of the molecule is CC.CCNC(=O)COC1CCN(C)CC1. The van der Waals surface area contributed by atoms with Crippen molar-refractivity contribution in [3.8, 4) is 0 Å². The second-order valence-electron chi connectivity index (χ2n) is 3.77. The van der Waals surface area contributed by atoms with Gasteiger partial charge in [-0.2, -0.15) is 0 Å². The molecule has 1 saturated heterocycles. The fraction of sp³-hybridized carbons (Fsp3) is 0.917. The van der Waals surface area contributed by atoms with E-state index in [9.17, 15) is 4.79 Å². The lowest BCUT2D eigenvalue weighted by Gasteiger charge is -2.28. The van der Waals surface area contributed by atoms with Crippen molar-refractivity contribution >= 4 is 5.91 Å². The Balaban J connectivity index is 0.00000106. The Hall–Kier alpha value is -0.610. The number of hydrogen-bond acceptors (Lipinski definition) is 3. The van der Waals surface area contributed by atoms with Gasteiger partial charge in [-0.3, -0.25) is 4.79 Å². The summed E-state index contributed by atoms with van der Waals surface area (Å²) in [7, 11) is 2.11. The summed E-state index contributed by atoms with van der Waals surface area (Å²) < 4.78 is 5.51. The van der Waals surface area contributed by atoms with Crippen molar-refractivity contribution in [3.05, 3.63) is 0 Å². The molecule has 4 heteroatoms. The van der Waals surface area contributed by atoms with Crippen LogP contribution in [-0.4, -0.2) is 50.2 Å². The predicted octanol–water partition coefficient (Wildman–Crippen LogP) is 1.26. The van der Waals surface area contributed by atoms with E-state index in [1.165, 1.54) is 0 Å². The van der Waals surface area contributed by atoms with Crippen LogP contribution in [-0.2, 0) is 9.53 Å². The molecule has 0 aliphatic carbocycles. The van der Waals surface area contributed by atoms with E-state index in [1.807, 2.05) is 20.8 Å². The van der Waals surface area contributed by atoms with E-state index >= 15 is 0 Å². The minimum atomic E-state index is -0.00794.